The van der Waals surface area contributed by atoms with Crippen LogP contribution in [0.3, 0.4) is 0 Å². The van der Waals surface area contributed by atoms with Crippen LogP contribution in [0, 0.1) is 0 Å². The Hall–Kier alpha value is -1.96. The number of nitrogens with zero attached hydrogens (tertiary/aromatic N) is 1. The van der Waals surface area contributed by atoms with Gasteiger partial charge in [0.15, 0.2) is 0 Å². The van der Waals surface area contributed by atoms with E-state index >= 15 is 0 Å². The number of hydrogen-bond donors (Lipinski definition) is 1. The van der Waals surface area contributed by atoms with Gasteiger partial charge in [0.1, 0.15) is 11.8 Å². The highest BCUT2D eigenvalue weighted by atomic mass is 35.5. The number of nitrogens with one attached hydrogen (secondary N) is 1. The van der Waals surface area contributed by atoms with Crippen molar-refractivity contribution < 1.29 is 17.9 Å². The fourth-order valence-electron chi connectivity index (χ4n) is 2.65. The van der Waals surface area contributed by atoms with Crippen molar-refractivity contribution in [2.24, 2.45) is 0 Å². The third-order valence-electron chi connectivity index (χ3n) is 3.84. The molecule has 9 heteroatoms. The second kappa shape index (κ2) is 8.82. The number of carbonyl (C=O) groups excluding carboxylic acids is 1. The van der Waals surface area contributed by atoms with Crippen molar-refractivity contribution in [1.29, 1.82) is 0 Å². The molecule has 0 spiro atoms. The quantitative estimate of drug-likeness (QED) is 0.714. The maximum absolute atomic E-state index is 12.9. The molecule has 2 rings (SSSR count). The predicted octanol–water partition coefficient (Wildman–Crippen LogP) is 4.19. The van der Waals surface area contributed by atoms with E-state index in [1.807, 2.05) is 0 Å². The van der Waals surface area contributed by atoms with Crippen LogP contribution in [0.1, 0.15) is 13.3 Å². The topological polar surface area (TPSA) is 75.7 Å². The molecule has 1 atom stereocenters. The van der Waals surface area contributed by atoms with Gasteiger partial charge in [-0.1, -0.05) is 42.3 Å². The van der Waals surface area contributed by atoms with Gasteiger partial charge in [-0.25, -0.2) is 8.42 Å². The highest BCUT2D eigenvalue weighted by Gasteiger charge is 2.33. The van der Waals surface area contributed by atoms with Gasteiger partial charge in [0, 0.05) is 5.02 Å². The molecule has 0 radical (unpaired) electrons. The minimum atomic E-state index is -3.83. The molecule has 0 aliphatic carbocycles. The highest BCUT2D eigenvalue weighted by Crippen LogP contribution is 2.35. The summed E-state index contributed by atoms with van der Waals surface area (Å²) in [5.74, 6) is -0.230. The molecule has 0 saturated carbocycles. The van der Waals surface area contributed by atoms with Crippen LogP contribution in [0.2, 0.25) is 10.0 Å². The molecule has 1 N–H and O–H groups in total. The molecule has 0 aliphatic rings. The third-order valence-corrected chi connectivity index (χ3v) is 5.57. The average Bonchev–Trinajstić information content (AvgIpc) is 2.60. The maximum Gasteiger partial charge on any atom is 0.248 e. The zero-order chi connectivity index (χ0) is 20.2. The van der Waals surface area contributed by atoms with E-state index in [0.29, 0.717) is 15.7 Å². The molecule has 146 valence electrons. The third kappa shape index (κ3) is 5.06. The number of hydrogen-bond acceptors (Lipinski definition) is 4. The molecule has 0 saturated heterocycles. The molecule has 0 heterocycles. The Labute approximate surface area is 169 Å². The minimum absolute atomic E-state index is 0.189. The van der Waals surface area contributed by atoms with Gasteiger partial charge in [-0.2, -0.15) is 0 Å². The summed E-state index contributed by atoms with van der Waals surface area (Å²) in [7, 11) is -2.41. The SMILES string of the molecule is CC[C@@H](C(=O)Nc1ccccc1Cl)N(c1cc(Cl)ccc1OC)S(C)(=O)=O. The first-order chi connectivity index (χ1) is 12.7. The van der Waals surface area contributed by atoms with Crippen molar-refractivity contribution in [2.75, 3.05) is 23.0 Å². The average molecular weight is 431 g/mol. The minimum Gasteiger partial charge on any atom is -0.495 e. The van der Waals surface area contributed by atoms with E-state index in [2.05, 4.69) is 5.32 Å². The smallest absolute Gasteiger partial charge is 0.248 e. The van der Waals surface area contributed by atoms with E-state index in [1.165, 1.54) is 13.2 Å². The number of sulfonamides is 1. The van der Waals surface area contributed by atoms with Crippen molar-refractivity contribution in [3.63, 3.8) is 0 Å². The van der Waals surface area contributed by atoms with Gasteiger partial charge in [-0.15, -0.1) is 0 Å². The number of anilines is 2. The molecule has 0 unspecified atom stereocenters. The van der Waals surface area contributed by atoms with Crippen molar-refractivity contribution in [3.8, 4) is 5.75 Å². The Morgan fingerprint density at radius 2 is 1.89 bits per heavy atom. The van der Waals surface area contributed by atoms with Gasteiger partial charge >= 0.3 is 0 Å². The summed E-state index contributed by atoms with van der Waals surface area (Å²) in [6, 6.07) is 10.3. The summed E-state index contributed by atoms with van der Waals surface area (Å²) in [4.78, 5) is 12.9. The Kier molecular flexibility index (Phi) is 6.97. The molecule has 0 aliphatic heterocycles. The Morgan fingerprint density at radius 3 is 2.44 bits per heavy atom. The zero-order valence-corrected chi connectivity index (χ0v) is 17.4. The summed E-state index contributed by atoms with van der Waals surface area (Å²) < 4.78 is 31.4. The predicted molar refractivity (Wildman–Crippen MR) is 109 cm³/mol. The van der Waals surface area contributed by atoms with Gasteiger partial charge in [-0.05, 0) is 36.8 Å². The lowest BCUT2D eigenvalue weighted by Crippen LogP contribution is -2.47. The summed E-state index contributed by atoms with van der Waals surface area (Å²) in [5, 5.41) is 3.36. The van der Waals surface area contributed by atoms with Crippen LogP contribution in [0.25, 0.3) is 0 Å². The van der Waals surface area contributed by atoms with Gasteiger partial charge in [0.25, 0.3) is 0 Å². The maximum atomic E-state index is 12.9. The van der Waals surface area contributed by atoms with E-state index in [4.69, 9.17) is 27.9 Å². The van der Waals surface area contributed by atoms with Crippen LogP contribution in [-0.4, -0.2) is 33.7 Å². The normalized spacial score (nSPS) is 12.3. The summed E-state index contributed by atoms with van der Waals surface area (Å²) in [5.41, 5.74) is 0.586. The van der Waals surface area contributed by atoms with Crippen LogP contribution in [0.15, 0.2) is 42.5 Å². The standard InChI is InChI=1S/C18H20Cl2N2O4S/c1-4-15(18(23)21-14-8-6-5-7-13(14)20)22(27(3,24)25)16-11-12(19)9-10-17(16)26-2/h5-11,15H,4H2,1-3H3,(H,21,23)/t15-/m0/s1. The molecule has 27 heavy (non-hydrogen) atoms. The summed E-state index contributed by atoms with van der Waals surface area (Å²) >= 11 is 12.1. The second-order valence-corrected chi connectivity index (χ2v) is 8.47. The summed E-state index contributed by atoms with van der Waals surface area (Å²) in [6.07, 6.45) is 1.25. The monoisotopic (exact) mass is 430 g/mol. The molecular formula is C18H20Cl2N2O4S. The van der Waals surface area contributed by atoms with Crippen LogP contribution < -0.4 is 14.4 Å². The van der Waals surface area contributed by atoms with E-state index in [0.717, 1.165) is 10.6 Å². The van der Waals surface area contributed by atoms with E-state index in [9.17, 15) is 13.2 Å². The number of amides is 1. The first-order valence-electron chi connectivity index (χ1n) is 8.07. The van der Waals surface area contributed by atoms with Crippen LogP contribution in [0.5, 0.6) is 5.75 Å². The number of ether oxygens (including phenoxy) is 1. The number of rotatable bonds is 7. The van der Waals surface area contributed by atoms with Crippen molar-refractivity contribution in [1.82, 2.24) is 0 Å². The van der Waals surface area contributed by atoms with E-state index < -0.39 is 22.0 Å². The Bertz CT molecular complexity index is 935. The van der Waals surface area contributed by atoms with Gasteiger partial charge in [0.2, 0.25) is 15.9 Å². The van der Waals surface area contributed by atoms with E-state index in [-0.39, 0.29) is 17.9 Å². The van der Waals surface area contributed by atoms with Crippen molar-refractivity contribution in [2.45, 2.75) is 19.4 Å². The fraction of sp³-hybridized carbons (Fsp3) is 0.278. The molecule has 0 aromatic heterocycles. The molecule has 0 fully saturated rings. The number of halogens is 2. The lowest BCUT2D eigenvalue weighted by Gasteiger charge is -2.31. The molecule has 6 nitrogen and oxygen atoms in total. The fourth-order valence-corrected chi connectivity index (χ4v) is 4.21. The molecule has 0 bridgehead atoms. The largest absolute Gasteiger partial charge is 0.495 e. The first-order valence-corrected chi connectivity index (χ1v) is 10.7. The number of para-hydroxylation sites is 1. The Morgan fingerprint density at radius 1 is 1.22 bits per heavy atom. The van der Waals surface area contributed by atoms with Gasteiger partial charge in [0.05, 0.1) is 29.8 Å². The van der Waals surface area contributed by atoms with Crippen molar-refractivity contribution in [3.05, 3.63) is 52.5 Å². The summed E-state index contributed by atoms with van der Waals surface area (Å²) in [6.45, 7) is 1.71. The number of methoxy groups -OCH3 is 1. The van der Waals surface area contributed by atoms with Crippen molar-refractivity contribution >= 4 is 50.5 Å². The van der Waals surface area contributed by atoms with Crippen LogP contribution >= 0.6 is 23.2 Å². The molecule has 2 aromatic carbocycles. The Balaban J connectivity index is 2.50. The van der Waals surface area contributed by atoms with E-state index in [1.54, 1.807) is 43.3 Å². The van der Waals surface area contributed by atoms with Crippen LogP contribution in [-0.2, 0) is 14.8 Å². The zero-order valence-electron chi connectivity index (χ0n) is 15.1. The van der Waals surface area contributed by atoms with Gasteiger partial charge in [-0.3, -0.25) is 9.10 Å². The number of carbonyl (C=O) groups is 1. The lowest BCUT2D eigenvalue weighted by molar-refractivity contribution is -0.117. The van der Waals surface area contributed by atoms with Crippen LogP contribution in [0.4, 0.5) is 11.4 Å². The highest BCUT2D eigenvalue weighted by molar-refractivity contribution is 7.92. The lowest BCUT2D eigenvalue weighted by atomic mass is 10.1. The first kappa shape index (κ1) is 21.3. The van der Waals surface area contributed by atoms with Gasteiger partial charge < -0.3 is 10.1 Å². The number of benzene rings is 2. The second-order valence-electron chi connectivity index (χ2n) is 5.77. The molecule has 1 amide bonds. The molecule has 2 aromatic rings. The molecular weight excluding hydrogens is 411 g/mol.